The van der Waals surface area contributed by atoms with Crippen molar-refractivity contribution >= 4 is 22.1 Å². The molecule has 1 aromatic rings. The standard InChI is InChI=1S/C8H9N3O5S/c9-7(12)11(8(13)10-14)17(15,16)6-4-2-1-3-5-6/h1-5,14H,(H2,9,12)(H,10,13). The number of primary amides is 1. The summed E-state index contributed by atoms with van der Waals surface area (Å²) < 4.78 is 23.4. The van der Waals surface area contributed by atoms with E-state index in [2.05, 4.69) is 0 Å². The predicted molar refractivity (Wildman–Crippen MR) is 55.4 cm³/mol. The van der Waals surface area contributed by atoms with Gasteiger partial charge in [0.25, 0.3) is 10.0 Å². The minimum Gasteiger partial charge on any atom is -0.350 e. The van der Waals surface area contributed by atoms with Gasteiger partial charge in [-0.3, -0.25) is 5.21 Å². The van der Waals surface area contributed by atoms with Gasteiger partial charge in [-0.2, -0.15) is 0 Å². The van der Waals surface area contributed by atoms with Crippen LogP contribution in [0, 0.1) is 0 Å². The zero-order chi connectivity index (χ0) is 13.1. The summed E-state index contributed by atoms with van der Waals surface area (Å²) in [7, 11) is -4.42. The van der Waals surface area contributed by atoms with Crippen LogP contribution in [0.15, 0.2) is 35.2 Å². The van der Waals surface area contributed by atoms with Crippen molar-refractivity contribution in [2.45, 2.75) is 4.90 Å². The van der Waals surface area contributed by atoms with Crippen molar-refractivity contribution in [3.8, 4) is 0 Å². The number of nitrogens with one attached hydrogen (secondary N) is 1. The monoisotopic (exact) mass is 259 g/mol. The van der Waals surface area contributed by atoms with Crippen LogP contribution in [0.3, 0.4) is 0 Å². The number of carbonyl (C=O) groups excluding carboxylic acids is 2. The summed E-state index contributed by atoms with van der Waals surface area (Å²) in [6.45, 7) is 0. The molecule has 0 atom stereocenters. The van der Waals surface area contributed by atoms with Crippen LogP contribution in [0.4, 0.5) is 9.59 Å². The van der Waals surface area contributed by atoms with E-state index in [4.69, 9.17) is 10.9 Å². The molecular formula is C8H9N3O5S. The van der Waals surface area contributed by atoms with E-state index in [1.165, 1.54) is 24.3 Å². The molecule has 0 aliphatic heterocycles. The Morgan fingerprint density at radius 2 is 1.76 bits per heavy atom. The summed E-state index contributed by atoms with van der Waals surface area (Å²) in [4.78, 5) is 21.7. The van der Waals surface area contributed by atoms with Crippen LogP contribution in [-0.4, -0.2) is 30.0 Å². The number of hydrogen-bond acceptors (Lipinski definition) is 5. The fraction of sp³-hybridized carbons (Fsp3) is 0. The summed E-state index contributed by atoms with van der Waals surface area (Å²) in [6, 6.07) is 3.64. The molecule has 1 rings (SSSR count). The maximum absolute atomic E-state index is 11.8. The molecule has 17 heavy (non-hydrogen) atoms. The number of hydroxylamine groups is 1. The number of rotatable bonds is 2. The zero-order valence-corrected chi connectivity index (χ0v) is 9.22. The van der Waals surface area contributed by atoms with Crippen LogP contribution in [-0.2, 0) is 10.0 Å². The molecule has 92 valence electrons. The molecule has 0 aromatic heterocycles. The van der Waals surface area contributed by atoms with Gasteiger partial charge in [0.2, 0.25) is 0 Å². The molecule has 0 unspecified atom stereocenters. The highest BCUT2D eigenvalue weighted by atomic mass is 32.2. The van der Waals surface area contributed by atoms with E-state index in [0.29, 0.717) is 0 Å². The highest BCUT2D eigenvalue weighted by Gasteiger charge is 2.33. The highest BCUT2D eigenvalue weighted by molar-refractivity contribution is 7.90. The smallest absolute Gasteiger partial charge is 0.350 e. The second-order valence-corrected chi connectivity index (χ2v) is 4.62. The highest BCUT2D eigenvalue weighted by Crippen LogP contribution is 2.14. The lowest BCUT2D eigenvalue weighted by Gasteiger charge is -2.16. The first-order chi connectivity index (χ1) is 7.91. The van der Waals surface area contributed by atoms with Crippen molar-refractivity contribution in [1.29, 1.82) is 0 Å². The number of benzene rings is 1. The normalized spacial score (nSPS) is 10.6. The van der Waals surface area contributed by atoms with E-state index < -0.39 is 22.1 Å². The van der Waals surface area contributed by atoms with Crippen molar-refractivity contribution in [2.24, 2.45) is 5.73 Å². The minimum atomic E-state index is -4.42. The van der Waals surface area contributed by atoms with Crippen LogP contribution >= 0.6 is 0 Å². The molecule has 0 heterocycles. The van der Waals surface area contributed by atoms with Crippen LogP contribution in [0.25, 0.3) is 0 Å². The molecule has 0 aliphatic carbocycles. The van der Waals surface area contributed by atoms with Crippen molar-refractivity contribution in [3.05, 3.63) is 30.3 Å². The minimum absolute atomic E-state index is 0.275. The van der Waals surface area contributed by atoms with Gasteiger partial charge in [0.1, 0.15) is 0 Å². The topological polar surface area (TPSA) is 130 Å². The van der Waals surface area contributed by atoms with E-state index in [-0.39, 0.29) is 9.20 Å². The Labute approximate surface area is 96.6 Å². The lowest BCUT2D eigenvalue weighted by Crippen LogP contribution is -2.48. The van der Waals surface area contributed by atoms with E-state index in [1.807, 2.05) is 0 Å². The van der Waals surface area contributed by atoms with Crippen molar-refractivity contribution in [3.63, 3.8) is 0 Å². The molecule has 4 N–H and O–H groups in total. The van der Waals surface area contributed by atoms with E-state index >= 15 is 0 Å². The van der Waals surface area contributed by atoms with Crippen molar-refractivity contribution in [1.82, 2.24) is 9.79 Å². The Morgan fingerprint density at radius 3 is 2.18 bits per heavy atom. The summed E-state index contributed by atoms with van der Waals surface area (Å²) >= 11 is 0. The first-order valence-corrected chi connectivity index (χ1v) is 5.69. The average molecular weight is 259 g/mol. The Balaban J connectivity index is 3.29. The second kappa shape index (κ2) is 4.80. The number of carbonyl (C=O) groups is 2. The second-order valence-electron chi connectivity index (χ2n) is 2.84. The first kappa shape index (κ1) is 12.9. The summed E-state index contributed by atoms with van der Waals surface area (Å²) in [6.07, 6.45) is 0. The third kappa shape index (κ3) is 2.52. The zero-order valence-electron chi connectivity index (χ0n) is 8.40. The summed E-state index contributed by atoms with van der Waals surface area (Å²) in [5.74, 6) is 0. The first-order valence-electron chi connectivity index (χ1n) is 4.25. The van der Waals surface area contributed by atoms with Gasteiger partial charge in [-0.15, -0.1) is 4.31 Å². The lowest BCUT2D eigenvalue weighted by molar-refractivity contribution is 0.149. The quantitative estimate of drug-likeness (QED) is 0.502. The molecule has 9 heteroatoms. The fourth-order valence-corrected chi connectivity index (χ4v) is 2.28. The van der Waals surface area contributed by atoms with Gasteiger partial charge in [0.05, 0.1) is 4.90 Å². The van der Waals surface area contributed by atoms with Crippen molar-refractivity contribution in [2.75, 3.05) is 0 Å². The molecule has 0 saturated heterocycles. The third-order valence-corrected chi connectivity index (χ3v) is 3.46. The Hall–Kier alpha value is -2.13. The Kier molecular flexibility index (Phi) is 3.66. The van der Waals surface area contributed by atoms with Gasteiger partial charge in [-0.1, -0.05) is 18.2 Å². The van der Waals surface area contributed by atoms with Crippen LogP contribution in [0.1, 0.15) is 0 Å². The van der Waals surface area contributed by atoms with Crippen LogP contribution in [0.2, 0.25) is 0 Å². The molecule has 0 spiro atoms. The molecule has 0 fully saturated rings. The molecule has 0 bridgehead atoms. The lowest BCUT2D eigenvalue weighted by atomic mass is 10.4. The van der Waals surface area contributed by atoms with E-state index in [1.54, 1.807) is 6.07 Å². The number of urea groups is 2. The third-order valence-electron chi connectivity index (χ3n) is 1.76. The average Bonchev–Trinajstić information content (AvgIpc) is 2.29. The number of hydrogen-bond donors (Lipinski definition) is 3. The van der Waals surface area contributed by atoms with E-state index in [9.17, 15) is 18.0 Å². The molecule has 0 aliphatic rings. The van der Waals surface area contributed by atoms with Crippen LogP contribution < -0.4 is 11.2 Å². The molecule has 0 saturated carbocycles. The van der Waals surface area contributed by atoms with Gasteiger partial charge in [0, 0.05) is 0 Å². The van der Waals surface area contributed by atoms with Crippen molar-refractivity contribution < 1.29 is 23.2 Å². The van der Waals surface area contributed by atoms with Gasteiger partial charge in [0.15, 0.2) is 0 Å². The Morgan fingerprint density at radius 1 is 1.24 bits per heavy atom. The molecule has 8 nitrogen and oxygen atoms in total. The van der Waals surface area contributed by atoms with Gasteiger partial charge < -0.3 is 5.73 Å². The maximum Gasteiger partial charge on any atom is 0.363 e. The van der Waals surface area contributed by atoms with Gasteiger partial charge in [-0.25, -0.2) is 23.5 Å². The van der Waals surface area contributed by atoms with Gasteiger partial charge >= 0.3 is 12.1 Å². The van der Waals surface area contributed by atoms with E-state index in [0.717, 1.165) is 5.48 Å². The fourth-order valence-electron chi connectivity index (χ4n) is 1.07. The molecule has 4 amide bonds. The number of imide groups is 1. The number of sulfonamides is 1. The number of nitrogens with two attached hydrogens (primary N) is 1. The number of amides is 4. The van der Waals surface area contributed by atoms with Crippen LogP contribution in [0.5, 0.6) is 0 Å². The molecule has 0 radical (unpaired) electrons. The summed E-state index contributed by atoms with van der Waals surface area (Å²) in [5, 5.41) is 8.35. The summed E-state index contributed by atoms with van der Waals surface area (Å²) in [5.41, 5.74) is 5.80. The SMILES string of the molecule is NC(=O)N(C(=O)NO)S(=O)(=O)c1ccccc1. The molecular weight excluding hydrogens is 250 g/mol. The Bertz CT molecular complexity index is 527. The van der Waals surface area contributed by atoms with Gasteiger partial charge in [-0.05, 0) is 12.1 Å². The maximum atomic E-state index is 11.8. The largest absolute Gasteiger partial charge is 0.363 e. The predicted octanol–water partition coefficient (Wildman–Crippen LogP) is -0.145. The number of nitrogens with zero attached hydrogens (tertiary/aromatic N) is 1. The molecule has 1 aromatic carbocycles.